The van der Waals surface area contributed by atoms with Crippen LogP contribution in [-0.2, 0) is 15.0 Å². The summed E-state index contributed by atoms with van der Waals surface area (Å²) in [6.07, 6.45) is 2.28. The van der Waals surface area contributed by atoms with Crippen molar-refractivity contribution in [1.82, 2.24) is 4.90 Å². The van der Waals surface area contributed by atoms with E-state index in [1.54, 1.807) is 7.05 Å². The molecule has 1 aliphatic rings. The van der Waals surface area contributed by atoms with E-state index in [1.807, 2.05) is 24.3 Å². The highest BCUT2D eigenvalue weighted by Gasteiger charge is 2.29. The first-order valence-electron chi connectivity index (χ1n) is 8.53. The average Bonchev–Trinajstić information content (AvgIpc) is 2.91. The lowest BCUT2D eigenvalue weighted by Crippen LogP contribution is -2.40. The third-order valence-electron chi connectivity index (χ3n) is 4.68. The molecule has 5 heteroatoms. The maximum atomic E-state index is 12.2. The third kappa shape index (κ3) is 4.57. The first-order chi connectivity index (χ1) is 11.2. The fourth-order valence-electron chi connectivity index (χ4n) is 3.08. The molecular formula is C19H28N2O3. The van der Waals surface area contributed by atoms with E-state index >= 15 is 0 Å². The number of carbonyl (C=O) groups is 2. The van der Waals surface area contributed by atoms with E-state index in [9.17, 15) is 14.7 Å². The molecule has 1 aromatic rings. The number of rotatable bonds is 3. The molecule has 0 aliphatic heterocycles. The van der Waals surface area contributed by atoms with Crippen molar-refractivity contribution in [2.24, 2.45) is 5.92 Å². The van der Waals surface area contributed by atoms with Crippen molar-refractivity contribution in [3.05, 3.63) is 29.8 Å². The largest absolute Gasteiger partial charge is 0.393 e. The van der Waals surface area contributed by atoms with Crippen molar-refractivity contribution in [1.29, 1.82) is 0 Å². The molecule has 1 aliphatic carbocycles. The van der Waals surface area contributed by atoms with E-state index < -0.39 is 11.8 Å². The number of anilines is 1. The molecular weight excluding hydrogens is 304 g/mol. The Morgan fingerprint density at radius 1 is 1.21 bits per heavy atom. The quantitative estimate of drug-likeness (QED) is 0.836. The van der Waals surface area contributed by atoms with Crippen LogP contribution in [0.5, 0.6) is 0 Å². The van der Waals surface area contributed by atoms with Gasteiger partial charge in [0.25, 0.3) is 0 Å². The van der Waals surface area contributed by atoms with Crippen LogP contribution in [-0.4, -0.2) is 41.5 Å². The molecule has 5 nitrogen and oxygen atoms in total. The summed E-state index contributed by atoms with van der Waals surface area (Å²) in [6, 6.07) is 7.54. The summed E-state index contributed by atoms with van der Waals surface area (Å²) in [4.78, 5) is 25.7. The zero-order valence-electron chi connectivity index (χ0n) is 15.0. The summed E-state index contributed by atoms with van der Waals surface area (Å²) in [5.74, 6) is -1.15. The van der Waals surface area contributed by atoms with Crippen LogP contribution < -0.4 is 5.32 Å². The molecule has 2 amide bonds. The monoisotopic (exact) mass is 332 g/mol. The van der Waals surface area contributed by atoms with Crippen LogP contribution in [0.25, 0.3) is 0 Å². The van der Waals surface area contributed by atoms with Crippen molar-refractivity contribution < 1.29 is 14.7 Å². The van der Waals surface area contributed by atoms with Gasteiger partial charge >= 0.3 is 11.8 Å². The van der Waals surface area contributed by atoms with Crippen LogP contribution in [0.2, 0.25) is 0 Å². The number of carbonyl (C=O) groups excluding carboxylic acids is 2. The smallest absolute Gasteiger partial charge is 0.313 e. The molecule has 0 saturated heterocycles. The molecule has 0 spiro atoms. The van der Waals surface area contributed by atoms with Crippen molar-refractivity contribution >= 4 is 17.5 Å². The summed E-state index contributed by atoms with van der Waals surface area (Å²) in [6.45, 7) is 6.78. The molecule has 2 atom stereocenters. The Morgan fingerprint density at radius 2 is 1.83 bits per heavy atom. The molecule has 1 fully saturated rings. The van der Waals surface area contributed by atoms with Gasteiger partial charge in [-0.05, 0) is 36.0 Å². The second kappa shape index (κ2) is 7.34. The summed E-state index contributed by atoms with van der Waals surface area (Å²) in [5, 5.41) is 12.5. The van der Waals surface area contributed by atoms with Crippen molar-refractivity contribution in [2.45, 2.75) is 51.6 Å². The van der Waals surface area contributed by atoms with E-state index in [0.717, 1.165) is 19.3 Å². The Kier molecular flexibility index (Phi) is 5.65. The van der Waals surface area contributed by atoms with Gasteiger partial charge in [-0.2, -0.15) is 0 Å². The molecule has 2 unspecified atom stereocenters. The van der Waals surface area contributed by atoms with E-state index in [0.29, 0.717) is 12.2 Å². The van der Waals surface area contributed by atoms with Gasteiger partial charge in [-0.25, -0.2) is 0 Å². The Morgan fingerprint density at radius 3 is 2.33 bits per heavy atom. The Bertz CT molecular complexity index is 590. The highest BCUT2D eigenvalue weighted by Crippen LogP contribution is 2.26. The number of nitrogens with one attached hydrogen (secondary N) is 1. The molecule has 1 aromatic carbocycles. The van der Waals surface area contributed by atoms with Crippen LogP contribution in [0.3, 0.4) is 0 Å². The number of hydrogen-bond acceptors (Lipinski definition) is 3. The van der Waals surface area contributed by atoms with Gasteiger partial charge in [-0.15, -0.1) is 0 Å². The standard InChI is InChI=1S/C19H28N2O3/c1-19(2,3)14-8-10-15(11-9-14)20-17(23)18(24)21(4)12-13-6-5-7-16(13)22/h8-11,13,16,22H,5-7,12H2,1-4H3,(H,20,23). The van der Waals surface area contributed by atoms with E-state index in [4.69, 9.17) is 0 Å². The second-order valence-electron chi connectivity index (χ2n) is 7.73. The van der Waals surface area contributed by atoms with Crippen LogP contribution in [0, 0.1) is 5.92 Å². The molecule has 24 heavy (non-hydrogen) atoms. The topological polar surface area (TPSA) is 69.6 Å². The Balaban J connectivity index is 1.92. The van der Waals surface area contributed by atoms with Crippen LogP contribution >= 0.6 is 0 Å². The van der Waals surface area contributed by atoms with Gasteiger partial charge < -0.3 is 15.3 Å². The predicted molar refractivity (Wildman–Crippen MR) is 94.8 cm³/mol. The zero-order valence-corrected chi connectivity index (χ0v) is 15.0. The first kappa shape index (κ1) is 18.5. The van der Waals surface area contributed by atoms with Crippen LogP contribution in [0.15, 0.2) is 24.3 Å². The second-order valence-corrected chi connectivity index (χ2v) is 7.73. The maximum absolute atomic E-state index is 12.2. The van der Waals surface area contributed by atoms with Gasteiger partial charge in [-0.1, -0.05) is 39.3 Å². The number of amides is 2. The average molecular weight is 332 g/mol. The van der Waals surface area contributed by atoms with Gasteiger partial charge in [0.05, 0.1) is 6.10 Å². The number of hydrogen-bond donors (Lipinski definition) is 2. The number of nitrogens with zero attached hydrogens (tertiary/aromatic N) is 1. The fraction of sp³-hybridized carbons (Fsp3) is 0.579. The SMILES string of the molecule is CN(CC1CCCC1O)C(=O)C(=O)Nc1ccc(C(C)(C)C)cc1. The van der Waals surface area contributed by atoms with Gasteiger partial charge in [0.2, 0.25) is 0 Å². The predicted octanol–water partition coefficient (Wildman–Crippen LogP) is 2.54. The lowest BCUT2D eigenvalue weighted by molar-refractivity contribution is -0.142. The lowest BCUT2D eigenvalue weighted by Gasteiger charge is -2.23. The normalized spacial score (nSPS) is 20.7. The minimum Gasteiger partial charge on any atom is -0.393 e. The van der Waals surface area contributed by atoms with Gasteiger partial charge in [0.15, 0.2) is 0 Å². The van der Waals surface area contributed by atoms with Crippen molar-refractivity contribution in [2.75, 3.05) is 18.9 Å². The molecule has 132 valence electrons. The van der Waals surface area contributed by atoms with Gasteiger partial charge in [0, 0.05) is 25.2 Å². The van der Waals surface area contributed by atoms with Crippen molar-refractivity contribution in [3.8, 4) is 0 Å². The van der Waals surface area contributed by atoms with Gasteiger partial charge in [-0.3, -0.25) is 9.59 Å². The van der Waals surface area contributed by atoms with E-state index in [1.165, 1.54) is 10.5 Å². The highest BCUT2D eigenvalue weighted by atomic mass is 16.3. The minimum absolute atomic E-state index is 0.0424. The molecule has 2 rings (SSSR count). The summed E-state index contributed by atoms with van der Waals surface area (Å²) < 4.78 is 0. The molecule has 0 heterocycles. The summed E-state index contributed by atoms with van der Waals surface area (Å²) >= 11 is 0. The summed E-state index contributed by atoms with van der Waals surface area (Å²) in [7, 11) is 1.61. The number of aliphatic hydroxyl groups excluding tert-OH is 1. The minimum atomic E-state index is -0.645. The van der Waals surface area contributed by atoms with Crippen LogP contribution in [0.4, 0.5) is 5.69 Å². The highest BCUT2D eigenvalue weighted by molar-refractivity contribution is 6.39. The number of aliphatic hydroxyl groups is 1. The molecule has 2 N–H and O–H groups in total. The zero-order chi connectivity index (χ0) is 17.9. The number of likely N-dealkylation sites (N-methyl/N-ethyl adjacent to an activating group) is 1. The fourth-order valence-corrected chi connectivity index (χ4v) is 3.08. The molecule has 0 aromatic heterocycles. The Labute approximate surface area is 144 Å². The van der Waals surface area contributed by atoms with Crippen LogP contribution in [0.1, 0.15) is 45.6 Å². The third-order valence-corrected chi connectivity index (χ3v) is 4.68. The molecule has 1 saturated carbocycles. The Hall–Kier alpha value is -1.88. The van der Waals surface area contributed by atoms with Gasteiger partial charge in [0.1, 0.15) is 0 Å². The van der Waals surface area contributed by atoms with Crippen molar-refractivity contribution in [3.63, 3.8) is 0 Å². The number of benzene rings is 1. The summed E-state index contributed by atoms with van der Waals surface area (Å²) in [5.41, 5.74) is 1.82. The first-order valence-corrected chi connectivity index (χ1v) is 8.53. The maximum Gasteiger partial charge on any atom is 0.313 e. The lowest BCUT2D eigenvalue weighted by atomic mass is 9.87. The van der Waals surface area contributed by atoms with E-state index in [2.05, 4.69) is 26.1 Å². The molecule has 0 bridgehead atoms. The molecule has 0 radical (unpaired) electrons. The van der Waals surface area contributed by atoms with E-state index in [-0.39, 0.29) is 17.4 Å².